The van der Waals surface area contributed by atoms with Gasteiger partial charge in [0.15, 0.2) is 12.4 Å². The number of unbranched alkanes of at least 4 members (excludes halogenated alkanes) is 9. The van der Waals surface area contributed by atoms with Crippen LogP contribution in [0.1, 0.15) is 136 Å². The molecule has 0 saturated carbocycles. The fourth-order valence-electron chi connectivity index (χ4n) is 5.99. The second-order valence-corrected chi connectivity index (χ2v) is 14.8. The van der Waals surface area contributed by atoms with Crippen molar-refractivity contribution in [3.05, 3.63) is 109 Å². The van der Waals surface area contributed by atoms with Crippen molar-refractivity contribution in [1.82, 2.24) is 0 Å². The molecule has 1 aliphatic rings. The minimum atomic E-state index is -1.61. The Morgan fingerprint density at radius 2 is 1.02 bits per heavy atom. The molecule has 0 spiro atoms. The number of carbonyl (C=O) groups excluding carboxylic acids is 2. The first-order chi connectivity index (χ1) is 29.3. The Balaban J connectivity index is 2.34. The lowest BCUT2D eigenvalue weighted by molar-refractivity contribution is -0.305. The number of esters is 2. The summed E-state index contributed by atoms with van der Waals surface area (Å²) >= 11 is 0. The van der Waals surface area contributed by atoms with E-state index in [-0.39, 0.29) is 26.1 Å². The summed E-state index contributed by atoms with van der Waals surface area (Å²) in [7, 11) is 0. The Morgan fingerprint density at radius 1 is 0.533 bits per heavy atom. The maximum absolute atomic E-state index is 12.7. The van der Waals surface area contributed by atoms with Crippen LogP contribution in [0.3, 0.4) is 0 Å². The van der Waals surface area contributed by atoms with E-state index in [4.69, 9.17) is 18.9 Å². The van der Waals surface area contributed by atoms with E-state index in [2.05, 4.69) is 86.8 Å². The number of aliphatic hydroxyl groups excluding tert-OH is 4. The van der Waals surface area contributed by atoms with Crippen molar-refractivity contribution in [2.75, 3.05) is 19.8 Å². The molecule has 338 valence electrons. The van der Waals surface area contributed by atoms with Crippen molar-refractivity contribution in [3.8, 4) is 0 Å². The van der Waals surface area contributed by atoms with Gasteiger partial charge >= 0.3 is 11.9 Å². The fourth-order valence-corrected chi connectivity index (χ4v) is 5.99. The zero-order chi connectivity index (χ0) is 43.7. The van der Waals surface area contributed by atoms with Gasteiger partial charge in [0.1, 0.15) is 31.0 Å². The first-order valence-corrected chi connectivity index (χ1v) is 22.5. The van der Waals surface area contributed by atoms with Crippen molar-refractivity contribution in [3.63, 3.8) is 0 Å². The number of hydrogen-bond acceptors (Lipinski definition) is 10. The molecule has 4 N–H and O–H groups in total. The molecule has 10 heteroatoms. The Labute approximate surface area is 361 Å². The average molecular weight is 839 g/mol. The maximum Gasteiger partial charge on any atom is 0.306 e. The van der Waals surface area contributed by atoms with Gasteiger partial charge in [-0.2, -0.15) is 0 Å². The van der Waals surface area contributed by atoms with Crippen molar-refractivity contribution in [2.45, 2.75) is 173 Å². The summed E-state index contributed by atoms with van der Waals surface area (Å²) in [5.41, 5.74) is 0. The molecule has 0 aromatic carbocycles. The van der Waals surface area contributed by atoms with Crippen LogP contribution in [-0.2, 0) is 28.5 Å². The van der Waals surface area contributed by atoms with Crippen LogP contribution in [0.5, 0.6) is 0 Å². The van der Waals surface area contributed by atoms with E-state index in [9.17, 15) is 30.0 Å². The van der Waals surface area contributed by atoms with E-state index >= 15 is 0 Å². The molecule has 0 aliphatic carbocycles. The lowest BCUT2D eigenvalue weighted by atomic mass is 9.99. The van der Waals surface area contributed by atoms with E-state index in [1.54, 1.807) is 0 Å². The standard InChI is InChI=1S/C50H78O10/c1-3-5-7-9-11-13-15-17-18-19-20-21-22-23-24-25-27-28-30-32-34-36-38-45(52)57-41-43(42-58-50-49(56)48(55)47(54)44(40-51)60-50)59-46(53)39-37-35-33-31-29-26-16-14-12-10-8-6-4-2/h5-8,10-14,16-18,20-21,23-24,26,29,43-44,47-51,54-56H,3-4,9,15,19,22,25,27-28,30-42H2,1-2H3/b7-5+,8-6+,12-10+,13-11+,16-14+,18-17+,21-20+,24-23+,29-26+/t43?,44-,47+,48?,49?,50-/m0/s1. The highest BCUT2D eigenvalue weighted by molar-refractivity contribution is 5.70. The molecule has 0 amide bonds. The van der Waals surface area contributed by atoms with Crippen LogP contribution in [0, 0.1) is 0 Å². The van der Waals surface area contributed by atoms with E-state index in [1.807, 2.05) is 36.5 Å². The van der Waals surface area contributed by atoms with Gasteiger partial charge in [0.25, 0.3) is 0 Å². The van der Waals surface area contributed by atoms with Gasteiger partial charge in [-0.05, 0) is 77.0 Å². The second-order valence-electron chi connectivity index (χ2n) is 14.8. The molecule has 0 bridgehead atoms. The van der Waals surface area contributed by atoms with E-state index in [1.165, 1.54) is 0 Å². The summed E-state index contributed by atoms with van der Waals surface area (Å²) < 4.78 is 22.1. The highest BCUT2D eigenvalue weighted by atomic mass is 16.7. The highest BCUT2D eigenvalue weighted by Gasteiger charge is 2.44. The van der Waals surface area contributed by atoms with Crippen LogP contribution in [0.4, 0.5) is 0 Å². The second kappa shape index (κ2) is 39.5. The molecule has 1 saturated heterocycles. The predicted octanol–water partition coefficient (Wildman–Crippen LogP) is 9.72. The third-order valence-corrected chi connectivity index (χ3v) is 9.50. The molecule has 1 heterocycles. The van der Waals surface area contributed by atoms with Gasteiger partial charge in [-0.3, -0.25) is 9.59 Å². The van der Waals surface area contributed by atoms with E-state index in [0.29, 0.717) is 12.8 Å². The topological polar surface area (TPSA) is 152 Å². The van der Waals surface area contributed by atoms with Gasteiger partial charge in [-0.25, -0.2) is 0 Å². The molecular weight excluding hydrogens is 761 g/mol. The third kappa shape index (κ3) is 30.4. The molecule has 10 nitrogen and oxygen atoms in total. The summed E-state index contributed by atoms with van der Waals surface area (Å²) in [5, 5.41) is 40.1. The molecular formula is C50H78O10. The lowest BCUT2D eigenvalue weighted by Gasteiger charge is -2.39. The van der Waals surface area contributed by atoms with Gasteiger partial charge < -0.3 is 39.4 Å². The van der Waals surface area contributed by atoms with E-state index in [0.717, 1.165) is 96.3 Å². The SMILES string of the molecule is CC/C=C/C=C/C=C/C=C/CCCCCC(=O)OC(COC(=O)CCCCCCCC/C=C/C/C=C/C/C=C/C/C=C/C/C=C/CC)CO[C@H]1O[C@@H](CO)[C@@H](O)C(O)C1O. The minimum absolute atomic E-state index is 0.173. The van der Waals surface area contributed by atoms with Crippen LogP contribution in [0.25, 0.3) is 0 Å². The quantitative estimate of drug-likeness (QED) is 0.0210. The fraction of sp³-hybridized carbons (Fsp3) is 0.600. The Hall–Kier alpha value is -3.64. The smallest absolute Gasteiger partial charge is 0.306 e. The minimum Gasteiger partial charge on any atom is -0.462 e. The molecule has 1 rings (SSSR count). The van der Waals surface area contributed by atoms with Gasteiger partial charge in [0, 0.05) is 12.8 Å². The monoisotopic (exact) mass is 839 g/mol. The molecule has 0 aromatic heterocycles. The molecule has 6 atom stereocenters. The summed E-state index contributed by atoms with van der Waals surface area (Å²) in [5.74, 6) is -0.883. The van der Waals surface area contributed by atoms with Gasteiger partial charge in [-0.1, -0.05) is 155 Å². The summed E-state index contributed by atoms with van der Waals surface area (Å²) in [6.07, 6.45) is 46.7. The first-order valence-electron chi connectivity index (χ1n) is 22.5. The molecule has 0 aromatic rings. The molecule has 1 fully saturated rings. The van der Waals surface area contributed by atoms with Crippen molar-refractivity contribution in [2.24, 2.45) is 0 Å². The number of rotatable bonds is 35. The molecule has 0 radical (unpaired) electrons. The number of allylic oxidation sites excluding steroid dienone is 18. The summed E-state index contributed by atoms with van der Waals surface area (Å²) in [6, 6.07) is 0. The Kier molecular flexibility index (Phi) is 35.8. The number of ether oxygens (including phenoxy) is 4. The maximum atomic E-state index is 12.7. The zero-order valence-corrected chi connectivity index (χ0v) is 36.7. The van der Waals surface area contributed by atoms with Gasteiger partial charge in [0.05, 0.1) is 13.2 Å². The number of hydrogen-bond donors (Lipinski definition) is 4. The number of carbonyl (C=O) groups is 2. The van der Waals surface area contributed by atoms with Gasteiger partial charge in [0.2, 0.25) is 0 Å². The van der Waals surface area contributed by atoms with Crippen LogP contribution in [-0.4, -0.2) is 89.0 Å². The summed E-state index contributed by atoms with van der Waals surface area (Å²) in [4.78, 5) is 25.3. The average Bonchev–Trinajstić information content (AvgIpc) is 3.25. The van der Waals surface area contributed by atoms with Crippen molar-refractivity contribution in [1.29, 1.82) is 0 Å². The van der Waals surface area contributed by atoms with E-state index < -0.39 is 55.4 Å². The van der Waals surface area contributed by atoms with Crippen LogP contribution < -0.4 is 0 Å². The molecule has 3 unspecified atom stereocenters. The zero-order valence-electron chi connectivity index (χ0n) is 36.7. The van der Waals surface area contributed by atoms with Crippen molar-refractivity contribution < 1.29 is 49.0 Å². The van der Waals surface area contributed by atoms with Crippen LogP contribution >= 0.6 is 0 Å². The largest absolute Gasteiger partial charge is 0.462 e. The van der Waals surface area contributed by atoms with Crippen LogP contribution in [0.15, 0.2) is 109 Å². The van der Waals surface area contributed by atoms with Crippen molar-refractivity contribution >= 4 is 11.9 Å². The predicted molar refractivity (Wildman–Crippen MR) is 242 cm³/mol. The Morgan fingerprint density at radius 3 is 1.62 bits per heavy atom. The molecule has 1 aliphatic heterocycles. The highest BCUT2D eigenvalue weighted by Crippen LogP contribution is 2.22. The molecule has 60 heavy (non-hydrogen) atoms. The van der Waals surface area contributed by atoms with Crippen LogP contribution in [0.2, 0.25) is 0 Å². The van der Waals surface area contributed by atoms with Gasteiger partial charge in [-0.15, -0.1) is 0 Å². The third-order valence-electron chi connectivity index (χ3n) is 9.50. The Bertz CT molecular complexity index is 1340. The number of aliphatic hydroxyl groups is 4. The lowest BCUT2D eigenvalue weighted by Crippen LogP contribution is -2.59. The summed E-state index contributed by atoms with van der Waals surface area (Å²) in [6.45, 7) is 3.08. The first kappa shape index (κ1) is 54.4. The normalized spacial score (nSPS) is 20.9.